The molecule has 0 radical (unpaired) electrons. The molecule has 0 aromatic heterocycles. The van der Waals surface area contributed by atoms with Crippen molar-refractivity contribution in [2.45, 2.75) is 11.8 Å². The van der Waals surface area contributed by atoms with E-state index in [-0.39, 0.29) is 20.5 Å². The summed E-state index contributed by atoms with van der Waals surface area (Å²) in [6.45, 7) is 1.11. The number of benzene rings is 4. The number of sulfonamides is 1. The summed E-state index contributed by atoms with van der Waals surface area (Å²) < 4.78 is 52.8. The predicted octanol–water partition coefficient (Wildman–Crippen LogP) is 4.72. The molecule has 0 spiro atoms. The van der Waals surface area contributed by atoms with E-state index in [1.54, 1.807) is 54.6 Å². The first-order chi connectivity index (χ1) is 18.1. The van der Waals surface area contributed by atoms with Crippen LogP contribution in [0.5, 0.6) is 0 Å². The van der Waals surface area contributed by atoms with Gasteiger partial charge in [0.15, 0.2) is 0 Å². The number of rotatable bonds is 9. The second-order valence-corrected chi connectivity index (χ2v) is 14.4. The molecule has 12 heteroatoms. The molecule has 4 aromatic carbocycles. The van der Waals surface area contributed by atoms with Gasteiger partial charge in [0.2, 0.25) is 0 Å². The molecule has 1 amide bonds. The average Bonchev–Trinajstić information content (AvgIpc) is 2.92. The first kappa shape index (κ1) is 27.8. The summed E-state index contributed by atoms with van der Waals surface area (Å²) in [5.74, 6) is -0.700. The van der Waals surface area contributed by atoms with Gasteiger partial charge in [0.1, 0.15) is 0 Å². The van der Waals surface area contributed by atoms with Crippen molar-refractivity contribution in [1.29, 1.82) is 0 Å². The van der Waals surface area contributed by atoms with E-state index in [1.807, 2.05) is 29.7 Å². The van der Waals surface area contributed by atoms with E-state index in [2.05, 4.69) is 24.5 Å². The van der Waals surface area contributed by atoms with Crippen LogP contribution in [0.4, 0.5) is 5.69 Å². The predicted molar refractivity (Wildman–Crippen MR) is 147 cm³/mol. The van der Waals surface area contributed by atoms with Crippen LogP contribution in [0, 0.1) is 0 Å². The van der Waals surface area contributed by atoms with Gasteiger partial charge in [0.05, 0.1) is 0 Å². The summed E-state index contributed by atoms with van der Waals surface area (Å²) in [7, 11) is -4.19. The van der Waals surface area contributed by atoms with Gasteiger partial charge in [-0.2, -0.15) is 0 Å². The molecule has 1 unspecified atom stereocenters. The van der Waals surface area contributed by atoms with Crippen molar-refractivity contribution in [3.63, 3.8) is 0 Å². The zero-order chi connectivity index (χ0) is 27.3. The molecule has 4 aromatic rings. The van der Waals surface area contributed by atoms with E-state index in [4.69, 9.17) is 3.83 Å². The van der Waals surface area contributed by atoms with Crippen molar-refractivity contribution in [3.8, 4) is 22.3 Å². The van der Waals surface area contributed by atoms with Crippen molar-refractivity contribution in [2.24, 2.45) is 0 Å². The van der Waals surface area contributed by atoms with Crippen LogP contribution in [-0.2, 0) is 26.3 Å². The molecule has 0 aliphatic carbocycles. The first-order valence-corrected chi connectivity index (χ1v) is 16.6. The summed E-state index contributed by atoms with van der Waals surface area (Å²) in [5, 5.41) is 9.63. The van der Waals surface area contributed by atoms with E-state index in [0.717, 1.165) is 22.5 Å². The Balaban J connectivity index is 1.76. The van der Waals surface area contributed by atoms with Crippen LogP contribution in [-0.4, -0.2) is 33.8 Å². The molecule has 9 nitrogen and oxygen atoms in total. The molecule has 4 rings (SSSR count). The fourth-order valence-electron chi connectivity index (χ4n) is 3.67. The molecule has 0 fully saturated rings. The zero-order valence-corrected chi connectivity index (χ0v) is 24.1. The Morgan fingerprint density at radius 1 is 0.842 bits per heavy atom. The first-order valence-electron chi connectivity index (χ1n) is 11.1. The molecule has 0 saturated heterocycles. The van der Waals surface area contributed by atoms with Gasteiger partial charge in [-0.15, -0.1) is 0 Å². The number of hydrogen-bond donors (Lipinski definition) is 3. The number of nitrogens with one attached hydrogen (secondary N) is 2. The molecule has 0 bridgehead atoms. The van der Waals surface area contributed by atoms with Crippen LogP contribution in [0.3, 0.4) is 0 Å². The zero-order valence-electron chi connectivity index (χ0n) is 19.9. The van der Waals surface area contributed by atoms with Crippen LogP contribution in [0.1, 0.15) is 6.92 Å². The Bertz CT molecular complexity index is 1600. The number of hydroxylamine groups is 1. The minimum absolute atomic E-state index is 0.0516. The summed E-state index contributed by atoms with van der Waals surface area (Å²) >= 11 is -2.10. The number of amides is 1. The number of halogens is 1. The van der Waals surface area contributed by atoms with Gasteiger partial charge >= 0.3 is 216 Å². The van der Waals surface area contributed by atoms with E-state index in [0.29, 0.717) is 5.56 Å². The third kappa shape index (κ3) is 6.27. The Labute approximate surface area is 230 Å². The van der Waals surface area contributed by atoms with Gasteiger partial charge in [0.25, 0.3) is 0 Å². The topological polar surface area (TPSA) is 131 Å². The molecular formula is C26H22AsBrN2O7S. The minimum atomic E-state index is -5.48. The van der Waals surface area contributed by atoms with E-state index in [9.17, 15) is 22.2 Å². The second-order valence-electron chi connectivity index (χ2n) is 8.03. The Hall–Kier alpha value is -3.18. The Kier molecular flexibility index (Phi) is 8.57. The molecule has 0 saturated carbocycles. The fourth-order valence-corrected chi connectivity index (χ4v) is 8.07. The van der Waals surface area contributed by atoms with Gasteiger partial charge in [-0.1, -0.05) is 15.9 Å². The van der Waals surface area contributed by atoms with Crippen molar-refractivity contribution in [2.75, 3.05) is 4.72 Å². The van der Waals surface area contributed by atoms with E-state index < -0.39 is 30.1 Å². The number of carbonyl (C=O) groups is 1. The maximum atomic E-state index is 13.7. The van der Waals surface area contributed by atoms with Gasteiger partial charge in [-0.3, -0.25) is 0 Å². The standard InChI is InChI=1S/C26H22AsBrN2O7S/c1-18(31)29-36-27(32,37-33)26-24(21-6-3-2-4-7-21)8-5-9-25(26)30-38(34,35)23-16-12-20(13-17-23)19-10-14-22(28)15-11-19/h2-17,30,33H,1H3,(H,29,31). The average molecular weight is 661 g/mol. The van der Waals surface area contributed by atoms with Crippen LogP contribution in [0.25, 0.3) is 22.3 Å². The third-order valence-corrected chi connectivity index (χ3v) is 10.6. The molecule has 0 aliphatic heterocycles. The van der Waals surface area contributed by atoms with E-state index in [1.165, 1.54) is 18.2 Å². The van der Waals surface area contributed by atoms with Crippen molar-refractivity contribution in [3.05, 3.63) is 102 Å². The van der Waals surface area contributed by atoms with Crippen molar-refractivity contribution >= 4 is 56.1 Å². The third-order valence-electron chi connectivity index (χ3n) is 5.40. The summed E-state index contributed by atoms with van der Waals surface area (Å²) in [5.41, 5.74) is 4.32. The van der Waals surface area contributed by atoms with Gasteiger partial charge in [-0.05, 0) is 0 Å². The Morgan fingerprint density at radius 3 is 2.03 bits per heavy atom. The van der Waals surface area contributed by atoms with Gasteiger partial charge in [0, 0.05) is 0 Å². The van der Waals surface area contributed by atoms with Gasteiger partial charge in [-0.25, -0.2) is 0 Å². The molecule has 1 atom stereocenters. The SMILES string of the molecule is CC(=O)NO[As](=O)(OO)c1c(NS(=O)(=O)c2ccc(-c3ccc(Br)cc3)cc2)cccc1-c1ccccc1. The quantitative estimate of drug-likeness (QED) is 0.135. The molecule has 0 aliphatic rings. The van der Waals surface area contributed by atoms with Crippen LogP contribution in [0.2, 0.25) is 0 Å². The summed E-state index contributed by atoms with van der Waals surface area (Å²) in [6, 6.07) is 26.9. The summed E-state index contributed by atoms with van der Waals surface area (Å²) in [6.07, 6.45) is 0. The Morgan fingerprint density at radius 2 is 1.45 bits per heavy atom. The van der Waals surface area contributed by atoms with Crippen molar-refractivity contribution < 1.29 is 29.9 Å². The maximum absolute atomic E-state index is 13.7. The van der Waals surface area contributed by atoms with E-state index >= 15 is 0 Å². The fraction of sp³-hybridized carbons (Fsp3) is 0.0385. The normalized spacial score (nSPS) is 12.9. The molecule has 0 heterocycles. The monoisotopic (exact) mass is 660 g/mol. The molecule has 3 N–H and O–H groups in total. The van der Waals surface area contributed by atoms with Crippen LogP contribution in [0.15, 0.2) is 106 Å². The number of hydrogen-bond acceptors (Lipinski definition) is 7. The number of carbonyl (C=O) groups excluding carboxylic acids is 1. The molecular weight excluding hydrogens is 639 g/mol. The van der Waals surface area contributed by atoms with Gasteiger partial charge < -0.3 is 0 Å². The van der Waals surface area contributed by atoms with Crippen LogP contribution < -0.4 is 14.6 Å². The van der Waals surface area contributed by atoms with Crippen LogP contribution >= 0.6 is 15.9 Å². The molecule has 196 valence electrons. The van der Waals surface area contributed by atoms with Crippen molar-refractivity contribution in [1.82, 2.24) is 5.48 Å². The molecule has 38 heavy (non-hydrogen) atoms. The number of anilines is 1. The summed E-state index contributed by atoms with van der Waals surface area (Å²) in [4.78, 5) is 11.4. The second kappa shape index (κ2) is 11.7.